The first-order chi connectivity index (χ1) is 9.47. The Morgan fingerprint density at radius 1 is 1.35 bits per heavy atom. The maximum atomic E-state index is 12.6. The maximum Gasteiger partial charge on any atom is 0.308 e. The van der Waals surface area contributed by atoms with E-state index >= 15 is 0 Å². The van der Waals surface area contributed by atoms with E-state index in [1.807, 2.05) is 11.5 Å². The number of hydrogen-bond donors (Lipinski definition) is 1. The molecule has 1 aromatic rings. The molecule has 1 N–H and O–H groups in total. The lowest BCUT2D eigenvalue weighted by atomic mass is 9.99. The highest BCUT2D eigenvalue weighted by Gasteiger charge is 2.38. The number of carboxylic acid groups (broad SMARTS) is 1. The van der Waals surface area contributed by atoms with Gasteiger partial charge in [0.15, 0.2) is 0 Å². The molecule has 2 heterocycles. The third kappa shape index (κ3) is 2.30. The van der Waals surface area contributed by atoms with Gasteiger partial charge in [-0.3, -0.25) is 9.59 Å². The van der Waals surface area contributed by atoms with Crippen LogP contribution in [0.25, 0.3) is 0 Å². The highest BCUT2D eigenvalue weighted by atomic mass is 35.5. The number of aromatic nitrogens is 1. The topological polar surface area (TPSA) is 62.5 Å². The molecule has 0 aromatic carbocycles. The summed E-state index contributed by atoms with van der Waals surface area (Å²) in [7, 11) is 0. The molecule has 1 saturated carbocycles. The third-order valence-corrected chi connectivity index (χ3v) is 4.40. The average molecular weight is 297 g/mol. The lowest BCUT2D eigenvalue weighted by Crippen LogP contribution is -2.31. The fourth-order valence-electron chi connectivity index (χ4n) is 2.89. The molecular formula is C14H17ClN2O3. The zero-order valence-electron chi connectivity index (χ0n) is 11.3. The van der Waals surface area contributed by atoms with Crippen molar-refractivity contribution < 1.29 is 14.7 Å². The molecular weight excluding hydrogens is 280 g/mol. The van der Waals surface area contributed by atoms with Gasteiger partial charge in [-0.25, -0.2) is 0 Å². The van der Waals surface area contributed by atoms with Gasteiger partial charge in [0.25, 0.3) is 5.91 Å². The van der Waals surface area contributed by atoms with E-state index in [0.29, 0.717) is 23.3 Å². The van der Waals surface area contributed by atoms with E-state index in [-0.39, 0.29) is 18.4 Å². The Labute approximate surface area is 122 Å². The minimum absolute atomic E-state index is 0.0174. The fourth-order valence-corrected chi connectivity index (χ4v) is 3.10. The van der Waals surface area contributed by atoms with Gasteiger partial charge in [0, 0.05) is 25.3 Å². The van der Waals surface area contributed by atoms with Gasteiger partial charge in [-0.2, -0.15) is 0 Å². The smallest absolute Gasteiger partial charge is 0.308 e. The van der Waals surface area contributed by atoms with Gasteiger partial charge >= 0.3 is 5.97 Å². The quantitative estimate of drug-likeness (QED) is 0.930. The number of likely N-dealkylation sites (tertiary alicyclic amines) is 1. The Balaban J connectivity index is 1.81. The number of carbonyl (C=O) groups excluding carboxylic acids is 1. The molecule has 1 saturated heterocycles. The van der Waals surface area contributed by atoms with Crippen molar-refractivity contribution in [2.45, 2.75) is 25.8 Å². The van der Waals surface area contributed by atoms with Crippen molar-refractivity contribution in [3.63, 3.8) is 0 Å². The highest BCUT2D eigenvalue weighted by Crippen LogP contribution is 2.38. The second-order valence-corrected chi connectivity index (χ2v) is 6.25. The summed E-state index contributed by atoms with van der Waals surface area (Å²) in [5.74, 6) is -1.43. The molecule has 3 rings (SSSR count). The van der Waals surface area contributed by atoms with Crippen molar-refractivity contribution in [1.29, 1.82) is 0 Å². The van der Waals surface area contributed by atoms with Crippen LogP contribution in [0.4, 0.5) is 0 Å². The Morgan fingerprint density at radius 2 is 2.05 bits per heavy atom. The molecule has 20 heavy (non-hydrogen) atoms. The number of halogens is 1. The molecule has 1 amide bonds. The SMILES string of the molecule is CC1CN(C(=O)c2cc(Cl)cn2C2CC2)CC1C(=O)O. The Kier molecular flexibility index (Phi) is 3.24. The average Bonchev–Trinajstić information content (AvgIpc) is 3.05. The molecule has 2 fully saturated rings. The van der Waals surface area contributed by atoms with E-state index < -0.39 is 11.9 Å². The van der Waals surface area contributed by atoms with Crippen molar-refractivity contribution in [1.82, 2.24) is 9.47 Å². The summed E-state index contributed by atoms with van der Waals surface area (Å²) in [5, 5.41) is 9.70. The van der Waals surface area contributed by atoms with Gasteiger partial charge < -0.3 is 14.6 Å². The molecule has 0 bridgehead atoms. The van der Waals surface area contributed by atoms with Crippen LogP contribution in [0.3, 0.4) is 0 Å². The van der Waals surface area contributed by atoms with Crippen LogP contribution in [0.1, 0.15) is 36.3 Å². The van der Waals surface area contributed by atoms with Crippen molar-refractivity contribution in [3.8, 4) is 0 Å². The van der Waals surface area contributed by atoms with Crippen molar-refractivity contribution in [2.75, 3.05) is 13.1 Å². The van der Waals surface area contributed by atoms with Crippen molar-refractivity contribution in [2.24, 2.45) is 11.8 Å². The number of carboxylic acids is 1. The summed E-state index contributed by atoms with van der Waals surface area (Å²) in [6, 6.07) is 2.05. The summed E-state index contributed by atoms with van der Waals surface area (Å²) >= 11 is 6.01. The van der Waals surface area contributed by atoms with Crippen LogP contribution in [0, 0.1) is 11.8 Å². The molecule has 0 spiro atoms. The lowest BCUT2D eigenvalue weighted by molar-refractivity contribution is -0.142. The zero-order valence-corrected chi connectivity index (χ0v) is 12.0. The number of carbonyl (C=O) groups is 2. The first-order valence-corrected chi connectivity index (χ1v) is 7.24. The number of hydrogen-bond acceptors (Lipinski definition) is 2. The molecule has 1 aliphatic heterocycles. The predicted octanol–water partition coefficient (Wildman–Crippen LogP) is 2.27. The molecule has 6 heteroatoms. The molecule has 108 valence electrons. The van der Waals surface area contributed by atoms with Gasteiger partial charge in [-0.05, 0) is 24.8 Å². The Hall–Kier alpha value is -1.49. The number of nitrogens with zero attached hydrogens (tertiary/aromatic N) is 2. The van der Waals surface area contributed by atoms with Crippen LogP contribution in [0.15, 0.2) is 12.3 Å². The van der Waals surface area contributed by atoms with Crippen molar-refractivity contribution >= 4 is 23.5 Å². The number of amides is 1. The first-order valence-electron chi connectivity index (χ1n) is 6.87. The molecule has 2 aliphatic rings. The van der Waals surface area contributed by atoms with E-state index in [1.165, 1.54) is 0 Å². The summed E-state index contributed by atoms with van der Waals surface area (Å²) in [6.45, 7) is 2.64. The van der Waals surface area contributed by atoms with Crippen LogP contribution >= 0.6 is 11.6 Å². The highest BCUT2D eigenvalue weighted by molar-refractivity contribution is 6.31. The number of aliphatic carboxylic acids is 1. The molecule has 1 aliphatic carbocycles. The summed E-state index contributed by atoms with van der Waals surface area (Å²) < 4.78 is 1.93. The van der Waals surface area contributed by atoms with E-state index in [4.69, 9.17) is 16.7 Å². The zero-order chi connectivity index (χ0) is 14.4. The monoisotopic (exact) mass is 296 g/mol. The summed E-state index contributed by atoms with van der Waals surface area (Å²) in [5.41, 5.74) is 0.579. The fraction of sp³-hybridized carbons (Fsp3) is 0.571. The normalized spacial score (nSPS) is 26.0. The first kappa shape index (κ1) is 13.5. The lowest BCUT2D eigenvalue weighted by Gasteiger charge is -2.17. The van der Waals surface area contributed by atoms with E-state index in [2.05, 4.69) is 0 Å². The second kappa shape index (κ2) is 4.81. The molecule has 5 nitrogen and oxygen atoms in total. The third-order valence-electron chi connectivity index (χ3n) is 4.19. The van der Waals surface area contributed by atoms with Crippen LogP contribution < -0.4 is 0 Å². The van der Waals surface area contributed by atoms with E-state index in [1.54, 1.807) is 17.2 Å². The van der Waals surface area contributed by atoms with E-state index in [0.717, 1.165) is 12.8 Å². The van der Waals surface area contributed by atoms with E-state index in [9.17, 15) is 9.59 Å². The van der Waals surface area contributed by atoms with Gasteiger partial charge in [0.2, 0.25) is 0 Å². The molecule has 2 unspecified atom stereocenters. The molecule has 0 radical (unpaired) electrons. The number of rotatable bonds is 3. The van der Waals surface area contributed by atoms with Crippen LogP contribution in [0.2, 0.25) is 5.02 Å². The largest absolute Gasteiger partial charge is 0.481 e. The maximum absolute atomic E-state index is 12.6. The molecule has 2 atom stereocenters. The van der Waals surface area contributed by atoms with Crippen molar-refractivity contribution in [3.05, 3.63) is 23.0 Å². The van der Waals surface area contributed by atoms with Crippen LogP contribution in [-0.2, 0) is 4.79 Å². The predicted molar refractivity (Wildman–Crippen MR) is 73.9 cm³/mol. The summed E-state index contributed by atoms with van der Waals surface area (Å²) in [4.78, 5) is 25.4. The van der Waals surface area contributed by atoms with Gasteiger partial charge in [-0.15, -0.1) is 0 Å². The Morgan fingerprint density at radius 3 is 2.60 bits per heavy atom. The second-order valence-electron chi connectivity index (χ2n) is 5.81. The van der Waals surface area contributed by atoms with Gasteiger partial charge in [-0.1, -0.05) is 18.5 Å². The standard InChI is InChI=1S/C14H17ClN2O3/c1-8-5-16(7-11(8)14(19)20)13(18)12-4-9(15)6-17(12)10-2-3-10/h4,6,8,10-11H,2-3,5,7H2,1H3,(H,19,20). The Bertz CT molecular complexity index is 565. The minimum atomic E-state index is -0.830. The van der Waals surface area contributed by atoms with Crippen LogP contribution in [-0.4, -0.2) is 39.5 Å². The van der Waals surface area contributed by atoms with Gasteiger partial charge in [0.05, 0.1) is 10.9 Å². The van der Waals surface area contributed by atoms with Crippen LogP contribution in [0.5, 0.6) is 0 Å². The van der Waals surface area contributed by atoms with Gasteiger partial charge in [0.1, 0.15) is 5.69 Å². The minimum Gasteiger partial charge on any atom is -0.481 e. The summed E-state index contributed by atoms with van der Waals surface area (Å²) in [6.07, 6.45) is 3.93. The molecule has 1 aromatic heterocycles.